The summed E-state index contributed by atoms with van der Waals surface area (Å²) in [6.07, 6.45) is 1.69. The van der Waals surface area contributed by atoms with Crippen molar-refractivity contribution in [2.75, 3.05) is 0 Å². The zero-order valence-electron chi connectivity index (χ0n) is 11.1. The quantitative estimate of drug-likeness (QED) is 0.474. The van der Waals surface area contributed by atoms with E-state index in [0.717, 1.165) is 15.7 Å². The molecule has 0 saturated heterocycles. The lowest BCUT2D eigenvalue weighted by Crippen LogP contribution is -1.82. The number of rotatable bonds is 3. The molecule has 1 aromatic carbocycles. The zero-order chi connectivity index (χ0) is 15.5. The lowest BCUT2D eigenvalue weighted by Gasteiger charge is -1.96. The summed E-state index contributed by atoms with van der Waals surface area (Å²) in [6.45, 7) is 0. The van der Waals surface area contributed by atoms with E-state index in [2.05, 4.69) is 42.9 Å². The highest BCUT2D eigenvalue weighted by Gasteiger charge is 2.10. The van der Waals surface area contributed by atoms with Crippen molar-refractivity contribution in [2.45, 2.75) is 0 Å². The number of hydrogen-bond acceptors (Lipinski definition) is 4. The first kappa shape index (κ1) is 15.2. The molecule has 0 aliphatic rings. The first-order chi connectivity index (χ1) is 10.7. The molecule has 0 radical (unpaired) electrons. The summed E-state index contributed by atoms with van der Waals surface area (Å²) >= 11 is 8.10. The van der Waals surface area contributed by atoms with Crippen LogP contribution in [-0.4, -0.2) is 4.98 Å². The molecular formula is C16H8Br2N2OS. The molecule has 0 fully saturated rings. The molecule has 0 bridgehead atoms. The van der Waals surface area contributed by atoms with Gasteiger partial charge in [-0.2, -0.15) is 5.26 Å². The third-order valence-electron chi connectivity index (χ3n) is 2.88. The molecule has 3 rings (SSSR count). The fraction of sp³-hybridized carbons (Fsp3) is 0. The Kier molecular flexibility index (Phi) is 4.57. The molecule has 0 amide bonds. The van der Waals surface area contributed by atoms with Crippen LogP contribution in [0.3, 0.4) is 0 Å². The van der Waals surface area contributed by atoms with Crippen molar-refractivity contribution in [2.24, 2.45) is 0 Å². The minimum atomic E-state index is 0.482. The van der Waals surface area contributed by atoms with Gasteiger partial charge in [0.2, 0.25) is 0 Å². The molecule has 0 aliphatic carbocycles. The average Bonchev–Trinajstić information content (AvgIpc) is 3.15. The zero-order valence-corrected chi connectivity index (χ0v) is 15.1. The minimum absolute atomic E-state index is 0.482. The van der Waals surface area contributed by atoms with Gasteiger partial charge in [-0.15, -0.1) is 11.3 Å². The van der Waals surface area contributed by atoms with E-state index in [1.807, 2.05) is 29.6 Å². The summed E-state index contributed by atoms with van der Waals surface area (Å²) < 4.78 is 7.05. The standard InChI is InChI=1S/C16H8Br2N2OS/c17-12-3-1-10(2-4-12)14-9-22-16(20-14)11(8-19)7-13-5-6-15(18)21-13/h1-7,9H/b11-7+. The maximum Gasteiger partial charge on any atom is 0.169 e. The van der Waals surface area contributed by atoms with Crippen LogP contribution in [0.2, 0.25) is 0 Å². The monoisotopic (exact) mass is 434 g/mol. The Balaban J connectivity index is 1.93. The van der Waals surface area contributed by atoms with Crippen LogP contribution >= 0.6 is 43.2 Å². The Labute approximate surface area is 148 Å². The number of furan rings is 1. The summed E-state index contributed by atoms with van der Waals surface area (Å²) in [6, 6.07) is 13.7. The highest BCUT2D eigenvalue weighted by molar-refractivity contribution is 9.10. The van der Waals surface area contributed by atoms with Crippen molar-refractivity contribution in [3.63, 3.8) is 0 Å². The number of nitrogens with zero attached hydrogens (tertiary/aromatic N) is 2. The number of aromatic nitrogens is 1. The lowest BCUT2D eigenvalue weighted by molar-refractivity contribution is 0.532. The largest absolute Gasteiger partial charge is 0.450 e. The smallest absolute Gasteiger partial charge is 0.169 e. The number of allylic oxidation sites excluding steroid dienone is 1. The van der Waals surface area contributed by atoms with Crippen molar-refractivity contribution < 1.29 is 4.42 Å². The third-order valence-corrected chi connectivity index (χ3v) is 4.71. The predicted octanol–water partition coefficient (Wildman–Crippen LogP) is 5.99. The van der Waals surface area contributed by atoms with Gasteiger partial charge in [0.25, 0.3) is 0 Å². The van der Waals surface area contributed by atoms with Crippen molar-refractivity contribution >= 4 is 54.8 Å². The molecule has 3 aromatic rings. The van der Waals surface area contributed by atoms with E-state index in [1.54, 1.807) is 18.2 Å². The van der Waals surface area contributed by atoms with E-state index in [1.165, 1.54) is 11.3 Å². The van der Waals surface area contributed by atoms with Gasteiger partial charge in [-0.3, -0.25) is 0 Å². The van der Waals surface area contributed by atoms with Gasteiger partial charge in [0.05, 0.1) is 11.3 Å². The molecule has 0 N–H and O–H groups in total. The molecule has 2 aromatic heterocycles. The Morgan fingerprint density at radius 2 is 1.95 bits per heavy atom. The van der Waals surface area contributed by atoms with Crippen LogP contribution in [0.15, 0.2) is 55.3 Å². The second-order valence-corrected chi connectivity index (χ2v) is 6.91. The van der Waals surface area contributed by atoms with E-state index in [4.69, 9.17) is 4.42 Å². The molecule has 2 heterocycles. The maximum atomic E-state index is 9.35. The van der Waals surface area contributed by atoms with Crippen molar-refractivity contribution in [1.82, 2.24) is 4.98 Å². The first-order valence-electron chi connectivity index (χ1n) is 6.24. The Morgan fingerprint density at radius 3 is 2.59 bits per heavy atom. The molecule has 22 heavy (non-hydrogen) atoms. The van der Waals surface area contributed by atoms with Gasteiger partial charge in [0.1, 0.15) is 16.8 Å². The van der Waals surface area contributed by atoms with Crippen LogP contribution in [0.25, 0.3) is 22.9 Å². The summed E-state index contributed by atoms with van der Waals surface area (Å²) in [5.41, 5.74) is 2.35. The lowest BCUT2D eigenvalue weighted by atomic mass is 10.2. The summed E-state index contributed by atoms with van der Waals surface area (Å²) in [7, 11) is 0. The van der Waals surface area contributed by atoms with Crippen molar-refractivity contribution in [1.29, 1.82) is 5.26 Å². The van der Waals surface area contributed by atoms with Crippen LogP contribution < -0.4 is 0 Å². The minimum Gasteiger partial charge on any atom is -0.450 e. The van der Waals surface area contributed by atoms with E-state index in [0.29, 0.717) is 21.0 Å². The molecule has 0 saturated carbocycles. The van der Waals surface area contributed by atoms with Gasteiger partial charge >= 0.3 is 0 Å². The van der Waals surface area contributed by atoms with Gasteiger partial charge in [-0.25, -0.2) is 4.98 Å². The molecule has 0 spiro atoms. The second-order valence-electron chi connectivity index (χ2n) is 4.36. The topological polar surface area (TPSA) is 49.8 Å². The molecule has 3 nitrogen and oxygen atoms in total. The molecule has 0 aliphatic heterocycles. The highest BCUT2D eigenvalue weighted by Crippen LogP contribution is 2.28. The predicted molar refractivity (Wildman–Crippen MR) is 95.1 cm³/mol. The van der Waals surface area contributed by atoms with Gasteiger partial charge in [-0.05, 0) is 40.2 Å². The van der Waals surface area contributed by atoms with Gasteiger partial charge in [0, 0.05) is 21.5 Å². The normalized spacial score (nSPS) is 11.4. The van der Waals surface area contributed by atoms with Gasteiger partial charge in [-0.1, -0.05) is 28.1 Å². The van der Waals surface area contributed by atoms with Crippen molar-refractivity contribution in [3.8, 4) is 17.3 Å². The van der Waals surface area contributed by atoms with E-state index in [-0.39, 0.29) is 0 Å². The Hall–Kier alpha value is -1.68. The number of halogens is 2. The van der Waals surface area contributed by atoms with Crippen LogP contribution in [0.1, 0.15) is 10.8 Å². The van der Waals surface area contributed by atoms with E-state index >= 15 is 0 Å². The molecule has 0 atom stereocenters. The number of hydrogen-bond donors (Lipinski definition) is 0. The Morgan fingerprint density at radius 1 is 1.18 bits per heavy atom. The average molecular weight is 436 g/mol. The van der Waals surface area contributed by atoms with Crippen LogP contribution in [-0.2, 0) is 0 Å². The fourth-order valence-corrected chi connectivity index (χ4v) is 3.22. The maximum absolute atomic E-state index is 9.35. The third kappa shape index (κ3) is 3.38. The van der Waals surface area contributed by atoms with Crippen LogP contribution in [0.4, 0.5) is 0 Å². The SMILES string of the molecule is N#C/C(=C\c1ccc(Br)o1)c1nc(-c2ccc(Br)cc2)cs1. The molecule has 6 heteroatoms. The summed E-state index contributed by atoms with van der Waals surface area (Å²) in [5, 5.41) is 12.0. The number of thiazole rings is 1. The van der Waals surface area contributed by atoms with Crippen molar-refractivity contribution in [3.05, 3.63) is 61.7 Å². The fourth-order valence-electron chi connectivity index (χ4n) is 1.84. The second kappa shape index (κ2) is 6.61. The van der Waals surface area contributed by atoms with Gasteiger partial charge < -0.3 is 4.42 Å². The van der Waals surface area contributed by atoms with E-state index < -0.39 is 0 Å². The van der Waals surface area contributed by atoms with Crippen LogP contribution in [0, 0.1) is 11.3 Å². The van der Waals surface area contributed by atoms with E-state index in [9.17, 15) is 5.26 Å². The highest BCUT2D eigenvalue weighted by atomic mass is 79.9. The molecular weight excluding hydrogens is 428 g/mol. The van der Waals surface area contributed by atoms with Crippen LogP contribution in [0.5, 0.6) is 0 Å². The summed E-state index contributed by atoms with van der Waals surface area (Å²) in [5.74, 6) is 0.615. The molecule has 108 valence electrons. The Bertz CT molecular complexity index is 872. The number of benzene rings is 1. The first-order valence-corrected chi connectivity index (χ1v) is 8.71. The summed E-state index contributed by atoms with van der Waals surface area (Å²) in [4.78, 5) is 4.54. The number of nitriles is 1. The molecule has 0 unspecified atom stereocenters. The van der Waals surface area contributed by atoms with Gasteiger partial charge in [0.15, 0.2) is 4.67 Å².